The van der Waals surface area contributed by atoms with Gasteiger partial charge in [0.1, 0.15) is 43.3 Å². The number of carbonyl (C=O) groups excluding carboxylic acids is 4. The number of fused-ring (bicyclic) bond motifs is 1. The highest BCUT2D eigenvalue weighted by Crippen LogP contribution is 2.36. The smallest absolute Gasteiger partial charge is 0.335 e. The van der Waals surface area contributed by atoms with Gasteiger partial charge < -0.3 is 47.7 Å². The van der Waals surface area contributed by atoms with E-state index < -0.39 is 48.9 Å². The first-order valence-electron chi connectivity index (χ1n) is 25.0. The summed E-state index contributed by atoms with van der Waals surface area (Å²) in [5.41, 5.74) is 3.05. The Labute approximate surface area is 447 Å². The van der Waals surface area contributed by atoms with Gasteiger partial charge in [-0.25, -0.2) is 4.79 Å². The first-order chi connectivity index (χ1) is 36.0. The molecule has 2 aromatic heterocycles. The number of benzene rings is 3. The number of esters is 2. The zero-order valence-corrected chi connectivity index (χ0v) is 45.1. The summed E-state index contributed by atoms with van der Waals surface area (Å²) in [6.07, 6.45) is 4.29. The maximum atomic E-state index is 11.9. The van der Waals surface area contributed by atoms with E-state index >= 15 is 0 Å². The molecule has 2 aliphatic heterocycles. The fourth-order valence-corrected chi connectivity index (χ4v) is 9.36. The molecule has 0 bridgehead atoms. The zero-order valence-electron chi connectivity index (χ0n) is 43.3. The third kappa shape index (κ3) is 16.2. The van der Waals surface area contributed by atoms with Crippen molar-refractivity contribution in [2.75, 3.05) is 20.3 Å². The molecule has 2 amide bonds. The molecule has 6 unspecified atom stereocenters. The summed E-state index contributed by atoms with van der Waals surface area (Å²) in [7, 11) is 1.66. The molecule has 0 radical (unpaired) electrons. The highest BCUT2D eigenvalue weighted by Gasteiger charge is 2.46. The number of unbranched alkanes of at least 4 members (excludes halogenated alkanes) is 2. The number of aromatic carboxylic acids is 1. The van der Waals surface area contributed by atoms with Gasteiger partial charge in [0.25, 0.3) is 0 Å². The lowest BCUT2D eigenvalue weighted by atomic mass is 9.84. The molecule has 10 atom stereocenters. The van der Waals surface area contributed by atoms with Gasteiger partial charge in [-0.1, -0.05) is 100 Å². The van der Waals surface area contributed by atoms with E-state index in [2.05, 4.69) is 61.8 Å². The molecule has 0 saturated carbocycles. The Balaban J connectivity index is 0.000000245. The second-order valence-corrected chi connectivity index (χ2v) is 19.4. The van der Waals surface area contributed by atoms with Crippen molar-refractivity contribution in [1.29, 1.82) is 0 Å². The molecule has 5 N–H and O–H groups in total. The monoisotopic (exact) mass is 1080 g/mol. The SMILES string of the molecule is CC(=O)O[C@H]1C(C[n+]2cc(-c3cccc(C(=O)O)c3)n[nH]2)OC(OCCCCC(=O)NS)C(C)[C@H]1C.COc1cc(-c2c[n+](CC3OC(OCCCCC(=O)NS)C(C)[C@@H](C)[C@H]3OC(C)=O)[nH]n2)cc2ccccc12. The lowest BCUT2D eigenvalue weighted by molar-refractivity contribution is -0.761. The number of carboxylic acids is 1. The van der Waals surface area contributed by atoms with Gasteiger partial charge in [-0.15, -0.1) is 0 Å². The normalized spacial score (nSPS) is 23.3. The molecule has 2 fully saturated rings. The summed E-state index contributed by atoms with van der Waals surface area (Å²) in [5, 5.41) is 26.1. The van der Waals surface area contributed by atoms with Gasteiger partial charge in [0.15, 0.2) is 25.0 Å². The minimum Gasteiger partial charge on any atom is -0.496 e. The molecule has 75 heavy (non-hydrogen) atoms. The van der Waals surface area contributed by atoms with Crippen molar-refractivity contribution in [2.24, 2.45) is 23.7 Å². The minimum absolute atomic E-state index is 0.000325. The summed E-state index contributed by atoms with van der Waals surface area (Å²) in [6, 6.07) is 18.6. The Bertz CT molecular complexity index is 2710. The minimum atomic E-state index is -1.01. The van der Waals surface area contributed by atoms with Crippen LogP contribution in [0.15, 0.2) is 73.1 Å². The third-order valence-corrected chi connectivity index (χ3v) is 14.1. The molecule has 5 aromatic rings. The molecule has 406 valence electrons. The van der Waals surface area contributed by atoms with Gasteiger partial charge in [0, 0.05) is 90.3 Å². The largest absolute Gasteiger partial charge is 0.496 e. The van der Waals surface area contributed by atoms with Crippen LogP contribution in [0.5, 0.6) is 5.75 Å². The molecule has 7 rings (SSSR count). The van der Waals surface area contributed by atoms with E-state index in [9.17, 15) is 29.1 Å². The topological polar surface area (TPSA) is 259 Å². The maximum Gasteiger partial charge on any atom is 0.335 e. The number of H-pyrrole nitrogens is 2. The van der Waals surface area contributed by atoms with Crippen LogP contribution in [0.1, 0.15) is 90.4 Å². The Hall–Kier alpha value is -6.11. The van der Waals surface area contributed by atoms with E-state index in [0.29, 0.717) is 76.1 Å². The average Bonchev–Trinajstić information content (AvgIpc) is 4.08. The number of thiol groups is 2. The molecule has 0 aliphatic carbocycles. The average molecular weight is 1080 g/mol. The number of nitrogens with one attached hydrogen (secondary N) is 4. The van der Waals surface area contributed by atoms with Crippen molar-refractivity contribution >= 4 is 66.1 Å². The fraction of sp³-hybridized carbons (Fsp3) is 0.519. The number of hydrogen-bond donors (Lipinski definition) is 7. The molecule has 23 heteroatoms. The zero-order chi connectivity index (χ0) is 54.2. The van der Waals surface area contributed by atoms with Crippen LogP contribution in [-0.2, 0) is 60.7 Å². The van der Waals surface area contributed by atoms with Gasteiger partial charge in [0.2, 0.25) is 23.2 Å². The Morgan fingerprint density at radius 3 is 1.65 bits per heavy atom. The van der Waals surface area contributed by atoms with Crippen LogP contribution in [0.3, 0.4) is 0 Å². The Kier molecular flexibility index (Phi) is 21.8. The van der Waals surface area contributed by atoms with Crippen molar-refractivity contribution in [2.45, 2.75) is 130 Å². The summed E-state index contributed by atoms with van der Waals surface area (Å²) < 4.78 is 49.9. The lowest BCUT2D eigenvalue weighted by Crippen LogP contribution is -2.57. The predicted octanol–water partition coefficient (Wildman–Crippen LogP) is 5.74. The molecule has 2 aliphatic rings. The molecule has 2 saturated heterocycles. The van der Waals surface area contributed by atoms with E-state index in [0.717, 1.165) is 27.8 Å². The van der Waals surface area contributed by atoms with Crippen molar-refractivity contribution in [3.63, 3.8) is 0 Å². The van der Waals surface area contributed by atoms with Crippen molar-refractivity contribution in [1.82, 2.24) is 30.1 Å². The van der Waals surface area contributed by atoms with Crippen molar-refractivity contribution in [3.05, 3.63) is 78.6 Å². The lowest BCUT2D eigenvalue weighted by Gasteiger charge is -2.43. The van der Waals surface area contributed by atoms with Gasteiger partial charge in [-0.05, 0) is 55.3 Å². The van der Waals surface area contributed by atoms with Crippen LogP contribution in [0.2, 0.25) is 0 Å². The third-order valence-electron chi connectivity index (χ3n) is 13.6. The summed E-state index contributed by atoms with van der Waals surface area (Å²) in [4.78, 5) is 57.8. The van der Waals surface area contributed by atoms with E-state index in [1.54, 1.807) is 36.2 Å². The number of ether oxygens (including phenoxy) is 7. The first kappa shape index (κ1) is 58.2. The number of aromatic nitrogens is 6. The van der Waals surface area contributed by atoms with Crippen molar-refractivity contribution in [3.8, 4) is 28.3 Å². The number of nitrogens with zero attached hydrogens (tertiary/aromatic N) is 4. The number of carboxylic acid groups (broad SMARTS) is 1. The number of aromatic amines is 2. The molecule has 3 aromatic carbocycles. The maximum absolute atomic E-state index is 11.9. The Morgan fingerprint density at radius 1 is 0.667 bits per heavy atom. The molecule has 4 heterocycles. The van der Waals surface area contributed by atoms with Gasteiger partial charge in [-0.3, -0.25) is 19.2 Å². The van der Waals surface area contributed by atoms with Gasteiger partial charge in [0.05, 0.1) is 12.7 Å². The predicted molar refractivity (Wildman–Crippen MR) is 278 cm³/mol. The Morgan fingerprint density at radius 2 is 1.17 bits per heavy atom. The molecular weight excluding hydrogens is 1010 g/mol. The van der Waals surface area contributed by atoms with E-state index in [1.807, 2.05) is 68.9 Å². The van der Waals surface area contributed by atoms with Crippen molar-refractivity contribution < 1.29 is 71.6 Å². The van der Waals surface area contributed by atoms with Crippen LogP contribution >= 0.6 is 25.6 Å². The quantitative estimate of drug-likeness (QED) is 0.0189. The first-order valence-corrected chi connectivity index (χ1v) is 25.9. The van der Waals surface area contributed by atoms with Gasteiger partial charge in [-0.2, -0.15) is 9.36 Å². The second-order valence-electron chi connectivity index (χ2n) is 18.9. The molecule has 21 nitrogen and oxygen atoms in total. The van der Waals surface area contributed by atoms with Crippen LogP contribution in [0, 0.1) is 23.7 Å². The van der Waals surface area contributed by atoms with E-state index in [1.165, 1.54) is 19.9 Å². The van der Waals surface area contributed by atoms with Crippen LogP contribution in [-0.4, -0.2) is 113 Å². The molecule has 0 spiro atoms. The van der Waals surface area contributed by atoms with Crippen LogP contribution in [0.25, 0.3) is 33.3 Å². The molecular formula is C52H70N8O13S2+2. The number of hydrogen-bond acceptors (Lipinski definition) is 16. The number of rotatable bonds is 22. The summed E-state index contributed by atoms with van der Waals surface area (Å²) in [5.74, 6) is -1.31. The number of amides is 2. The van der Waals surface area contributed by atoms with E-state index in [-0.39, 0.29) is 47.0 Å². The van der Waals surface area contributed by atoms with Crippen LogP contribution in [0.4, 0.5) is 0 Å². The van der Waals surface area contributed by atoms with E-state index in [4.69, 9.17) is 33.2 Å². The number of carbonyl (C=O) groups is 5. The highest BCUT2D eigenvalue weighted by molar-refractivity contribution is 7.78. The standard InChI is InChI=1S/C28H36N4O6S.C24H32N4O7S/c1-17-18(2)28(36-12-8-7-11-26(34)30-39)38-25(27(17)37-19(3)33)16-32-15-23(29-31-32)21-13-20-9-5-6-10-22(20)24(14-21)35-4;1-14-15(2)24(33-10-5-4-9-21(30)26-36)35-20(22(14)34-16(3)29)13-28-12-19(25-27-28)17-7-6-8-18(11-17)23(31)32/h5-6,9-10,13-15,17-18,25,27-28H,7-8,11-12,16H2,1-4H3,(H2,29,30,31,34,39);6-8,11-12,14-15,20,22,24H,4-5,9-10,13H2,1-3H3,(H3,25,26,27,30,31,32,36)/p+2/t17-,18?,25?,27-,28?;14-,15?,20?,22-,24?/m11/s1. The highest BCUT2D eigenvalue weighted by atomic mass is 32.1. The summed E-state index contributed by atoms with van der Waals surface area (Å²) in [6.45, 7) is 12.4. The fourth-order valence-electron chi connectivity index (χ4n) is 9.13. The van der Waals surface area contributed by atoms with Crippen LogP contribution < -0.4 is 23.5 Å². The summed E-state index contributed by atoms with van der Waals surface area (Å²) >= 11 is 7.52. The second kappa shape index (κ2) is 28.1. The van der Waals surface area contributed by atoms with Gasteiger partial charge >= 0.3 is 17.9 Å². The number of methoxy groups -OCH3 is 1.